The number of anilines is 2. The molecule has 2 amide bonds. The lowest BCUT2D eigenvalue weighted by atomic mass is 9.99. The van der Waals surface area contributed by atoms with Crippen LogP contribution in [0.15, 0.2) is 71.2 Å². The molecule has 214 valence electrons. The van der Waals surface area contributed by atoms with Gasteiger partial charge >= 0.3 is 6.09 Å². The summed E-state index contributed by atoms with van der Waals surface area (Å²) in [4.78, 5) is 25.4. The van der Waals surface area contributed by atoms with Crippen LogP contribution in [0.25, 0.3) is 11.1 Å². The second-order valence-corrected chi connectivity index (χ2v) is 11.6. The third-order valence-corrected chi connectivity index (χ3v) is 7.81. The van der Waals surface area contributed by atoms with Gasteiger partial charge in [-0.25, -0.2) is 4.79 Å². The van der Waals surface area contributed by atoms with Crippen LogP contribution in [0.4, 0.5) is 16.2 Å². The maximum absolute atomic E-state index is 12.9. The minimum absolute atomic E-state index is 0. The molecule has 3 aromatic rings. The monoisotopic (exact) mass is 721 g/mol. The third-order valence-electron chi connectivity index (χ3n) is 7.15. The first-order valence-corrected chi connectivity index (χ1v) is 14.2. The molecular weight excluding hydrogens is 685 g/mol. The lowest BCUT2D eigenvalue weighted by Gasteiger charge is -2.36. The van der Waals surface area contributed by atoms with E-state index >= 15 is 0 Å². The zero-order valence-electron chi connectivity index (χ0n) is 23.0. The van der Waals surface area contributed by atoms with Gasteiger partial charge in [-0.15, -0.1) is 0 Å². The van der Waals surface area contributed by atoms with E-state index in [1.807, 2.05) is 48.5 Å². The van der Waals surface area contributed by atoms with Gasteiger partial charge in [0.1, 0.15) is 6.10 Å². The number of quaternary nitrogens is 1. The topological polar surface area (TPSA) is 87.7 Å². The molecule has 3 aromatic carbocycles. The molecule has 3 N–H and O–H groups in total. The van der Waals surface area contributed by atoms with Crippen LogP contribution in [0.1, 0.15) is 36.8 Å². The summed E-state index contributed by atoms with van der Waals surface area (Å²) in [6, 6.07) is 21.3. The molecule has 0 spiro atoms. The van der Waals surface area contributed by atoms with Crippen LogP contribution in [0.5, 0.6) is 0 Å². The number of benzene rings is 3. The number of piperidine rings is 1. The number of ether oxygens (including phenoxy) is 1. The number of carbonyl (C=O) groups excluding carboxylic acids is 2. The SMILES string of the molecule is C[N+]1(C)CCC(OC(=O)Nc2cc(CCCC(=O)Nc3ccc(CO)cc3Br)ccc2-c2ccccc2)CC1.[I-]. The average Bonchev–Trinajstić information content (AvgIpc) is 2.91. The Bertz CT molecular complexity index is 1290. The number of aliphatic hydroxyl groups is 1. The van der Waals surface area contributed by atoms with E-state index in [1.54, 1.807) is 18.2 Å². The minimum Gasteiger partial charge on any atom is -1.00 e. The number of hydrogen-bond donors (Lipinski definition) is 3. The van der Waals surface area contributed by atoms with Crippen LogP contribution in [-0.4, -0.2) is 54.9 Å². The fraction of sp³-hybridized carbons (Fsp3) is 0.355. The molecule has 1 fully saturated rings. The van der Waals surface area contributed by atoms with E-state index in [0.29, 0.717) is 30.6 Å². The van der Waals surface area contributed by atoms with Crippen molar-refractivity contribution in [3.63, 3.8) is 0 Å². The van der Waals surface area contributed by atoms with Crippen molar-refractivity contribution in [3.05, 3.63) is 82.3 Å². The Morgan fingerprint density at radius 3 is 2.33 bits per heavy atom. The molecule has 0 unspecified atom stereocenters. The van der Waals surface area contributed by atoms with Gasteiger partial charge in [0.05, 0.1) is 45.2 Å². The normalized spacial score (nSPS) is 14.6. The van der Waals surface area contributed by atoms with Gasteiger partial charge < -0.3 is 43.6 Å². The van der Waals surface area contributed by atoms with Crippen molar-refractivity contribution < 1.29 is 47.9 Å². The molecule has 0 aliphatic carbocycles. The van der Waals surface area contributed by atoms with Gasteiger partial charge in [-0.1, -0.05) is 48.5 Å². The van der Waals surface area contributed by atoms with E-state index in [4.69, 9.17) is 4.74 Å². The van der Waals surface area contributed by atoms with Gasteiger partial charge in [-0.05, 0) is 63.7 Å². The Kier molecular flexibility index (Phi) is 12.0. The first-order valence-electron chi connectivity index (χ1n) is 13.4. The number of aryl methyl sites for hydroxylation is 1. The highest BCUT2D eigenvalue weighted by Gasteiger charge is 2.28. The first-order chi connectivity index (χ1) is 18.7. The van der Waals surface area contributed by atoms with Crippen molar-refractivity contribution >= 4 is 39.3 Å². The number of carbonyl (C=O) groups is 2. The van der Waals surface area contributed by atoms with Crippen molar-refractivity contribution in [3.8, 4) is 11.1 Å². The highest BCUT2D eigenvalue weighted by Crippen LogP contribution is 2.30. The summed E-state index contributed by atoms with van der Waals surface area (Å²) < 4.78 is 7.47. The molecule has 1 aliphatic rings. The molecule has 7 nitrogen and oxygen atoms in total. The maximum atomic E-state index is 12.9. The largest absolute Gasteiger partial charge is 1.00 e. The van der Waals surface area contributed by atoms with Crippen LogP contribution in [-0.2, 0) is 22.6 Å². The zero-order chi connectivity index (χ0) is 27.8. The second kappa shape index (κ2) is 15.0. The van der Waals surface area contributed by atoms with E-state index < -0.39 is 6.09 Å². The van der Waals surface area contributed by atoms with Crippen LogP contribution in [0.3, 0.4) is 0 Å². The summed E-state index contributed by atoms with van der Waals surface area (Å²) in [7, 11) is 4.40. The van der Waals surface area contributed by atoms with E-state index in [2.05, 4.69) is 40.7 Å². The molecule has 40 heavy (non-hydrogen) atoms. The Morgan fingerprint density at radius 1 is 0.950 bits per heavy atom. The van der Waals surface area contributed by atoms with Gasteiger partial charge in [0.2, 0.25) is 5.91 Å². The molecule has 1 heterocycles. The van der Waals surface area contributed by atoms with Gasteiger partial charge in [-0.2, -0.15) is 0 Å². The van der Waals surface area contributed by atoms with E-state index in [1.165, 1.54) is 0 Å². The molecule has 0 aromatic heterocycles. The number of likely N-dealkylation sites (tertiary alicyclic amines) is 1. The van der Waals surface area contributed by atoms with Crippen molar-refractivity contribution in [2.24, 2.45) is 0 Å². The average molecular weight is 722 g/mol. The molecule has 0 bridgehead atoms. The second-order valence-electron chi connectivity index (χ2n) is 10.7. The lowest BCUT2D eigenvalue weighted by molar-refractivity contribution is -0.896. The smallest absolute Gasteiger partial charge is 0.411 e. The van der Waals surface area contributed by atoms with E-state index in [0.717, 1.165) is 57.1 Å². The van der Waals surface area contributed by atoms with Crippen molar-refractivity contribution in [1.29, 1.82) is 0 Å². The molecule has 1 aliphatic heterocycles. The molecule has 1 saturated heterocycles. The highest BCUT2D eigenvalue weighted by atomic mass is 127. The number of amides is 2. The number of nitrogens with zero attached hydrogens (tertiary/aromatic N) is 1. The van der Waals surface area contributed by atoms with Crippen molar-refractivity contribution in [2.75, 3.05) is 37.8 Å². The predicted molar refractivity (Wildman–Crippen MR) is 158 cm³/mol. The Hall–Kier alpha value is -2.47. The van der Waals surface area contributed by atoms with Crippen LogP contribution >= 0.6 is 15.9 Å². The molecule has 0 atom stereocenters. The number of hydrogen-bond acceptors (Lipinski definition) is 4. The first kappa shape index (κ1) is 32.0. The van der Waals surface area contributed by atoms with Gasteiger partial charge in [-0.3, -0.25) is 10.1 Å². The molecule has 0 saturated carbocycles. The van der Waals surface area contributed by atoms with Crippen LogP contribution in [0, 0.1) is 0 Å². The maximum Gasteiger partial charge on any atom is 0.411 e. The third kappa shape index (κ3) is 9.29. The predicted octanol–water partition coefficient (Wildman–Crippen LogP) is 3.36. The Labute approximate surface area is 262 Å². The number of nitrogens with one attached hydrogen (secondary N) is 2. The summed E-state index contributed by atoms with van der Waals surface area (Å²) in [5.41, 5.74) is 5.11. The fourth-order valence-corrected chi connectivity index (χ4v) is 5.32. The molecule has 9 heteroatoms. The fourth-order valence-electron chi connectivity index (χ4n) is 4.80. The molecule has 4 rings (SSSR count). The minimum atomic E-state index is -0.432. The van der Waals surface area contributed by atoms with Gasteiger partial charge in [0.25, 0.3) is 0 Å². The number of halogens is 2. The van der Waals surface area contributed by atoms with Crippen molar-refractivity contribution in [1.82, 2.24) is 0 Å². The van der Waals surface area contributed by atoms with Crippen molar-refractivity contribution in [2.45, 2.75) is 44.8 Å². The van der Waals surface area contributed by atoms with Crippen LogP contribution < -0.4 is 34.6 Å². The summed E-state index contributed by atoms with van der Waals surface area (Å²) in [5.74, 6) is -0.0791. The summed E-state index contributed by atoms with van der Waals surface area (Å²) in [5, 5.41) is 15.2. The highest BCUT2D eigenvalue weighted by molar-refractivity contribution is 9.10. The summed E-state index contributed by atoms with van der Waals surface area (Å²) >= 11 is 3.44. The quantitative estimate of drug-likeness (QED) is 0.234. The van der Waals surface area contributed by atoms with Gasteiger partial charge in [0.15, 0.2) is 0 Å². The summed E-state index contributed by atoms with van der Waals surface area (Å²) in [6.45, 7) is 1.92. The lowest BCUT2D eigenvalue weighted by Crippen LogP contribution is -3.00. The number of rotatable bonds is 9. The summed E-state index contributed by atoms with van der Waals surface area (Å²) in [6.07, 6.45) is 2.91. The number of aliphatic hydroxyl groups excluding tert-OH is 1. The van der Waals surface area contributed by atoms with E-state index in [9.17, 15) is 14.7 Å². The zero-order valence-corrected chi connectivity index (χ0v) is 26.7. The van der Waals surface area contributed by atoms with E-state index in [-0.39, 0.29) is 42.6 Å². The molecule has 0 radical (unpaired) electrons. The molecular formula is C31H37BrIN3O4. The van der Waals surface area contributed by atoms with Gasteiger partial charge in [0, 0.05) is 29.3 Å². The Morgan fingerprint density at radius 2 is 1.65 bits per heavy atom. The van der Waals surface area contributed by atoms with Crippen LogP contribution in [0.2, 0.25) is 0 Å². The standard InChI is InChI=1S/C31H36BrN3O4.HI/c1-35(2)17-15-25(16-18-35)39-31(38)34-29-20-22(11-13-26(29)24-8-4-3-5-9-24)7-6-10-30(37)33-28-14-12-23(21-36)19-27(28)32;/h3-5,8-9,11-14,19-20,25,36H,6-7,10,15-18,21H2,1-2H3,(H-,33,34,37,38);1H. The Balaban J connectivity index is 0.00000441.